The molecule has 0 bridgehead atoms. The van der Waals surface area contributed by atoms with Gasteiger partial charge in [0.2, 0.25) is 11.8 Å². The Balaban J connectivity index is 1.62. The van der Waals surface area contributed by atoms with Crippen LogP contribution in [0.5, 0.6) is 5.75 Å². The highest BCUT2D eigenvalue weighted by molar-refractivity contribution is 6.32. The SMILES string of the molecule is COc1ccc(C[C@H]2NC(=O)/C=C/C[C@@H]([C@H](C)[C@H]3O[C@@H]3c3ccccc3)OC(=O)[C@H](CC(C)C)OC(=O)C(C(C)C)CNC2=O)cc1Cl. The van der Waals surface area contributed by atoms with Gasteiger partial charge in [-0.1, -0.05) is 88.7 Å². The van der Waals surface area contributed by atoms with E-state index in [0.717, 1.165) is 5.56 Å². The van der Waals surface area contributed by atoms with Crippen molar-refractivity contribution in [2.75, 3.05) is 13.7 Å². The van der Waals surface area contributed by atoms with E-state index in [9.17, 15) is 19.2 Å². The molecule has 2 aliphatic rings. The van der Waals surface area contributed by atoms with Crippen LogP contribution in [0.15, 0.2) is 60.7 Å². The Bertz CT molecular complexity index is 1460. The highest BCUT2D eigenvalue weighted by Crippen LogP contribution is 2.45. The molecule has 2 heterocycles. The summed E-state index contributed by atoms with van der Waals surface area (Å²) in [5.41, 5.74) is 1.73. The Morgan fingerprint density at radius 3 is 2.33 bits per heavy atom. The number of esters is 2. The third-order valence-corrected chi connectivity index (χ3v) is 9.06. The molecule has 0 spiro atoms. The molecule has 2 N–H and O–H groups in total. The standard InChI is InChI=1S/C37H47ClN2O8/c1-21(2)17-31-37(44)46-29(23(5)33-34(48-33)25-11-8-7-9-12-25)13-10-14-32(41)40-28(19-24-15-16-30(45-6)27(38)18-24)35(42)39-20-26(22(3)4)36(43)47-31/h7-12,14-16,18,21-23,26,28-29,31,33-34H,13,17,19-20H2,1-6H3,(H,39,42)(H,40,41)/b14-10+/t23-,26?,28+,29-,31-,33+,34+/m0/s1. The van der Waals surface area contributed by atoms with Crippen LogP contribution >= 0.6 is 11.6 Å². The number of carbonyl (C=O) groups excluding carboxylic acids is 4. The summed E-state index contributed by atoms with van der Waals surface area (Å²) in [5.74, 6) is -2.95. The van der Waals surface area contributed by atoms with Crippen molar-refractivity contribution in [2.45, 2.75) is 84.3 Å². The van der Waals surface area contributed by atoms with Crippen LogP contribution in [0.1, 0.15) is 64.7 Å². The molecule has 2 amide bonds. The molecule has 2 aliphatic heterocycles. The Morgan fingerprint density at radius 1 is 0.958 bits per heavy atom. The maximum absolute atomic E-state index is 13.6. The number of benzene rings is 2. The van der Waals surface area contributed by atoms with Crippen LogP contribution in [0.25, 0.3) is 0 Å². The van der Waals surface area contributed by atoms with Crippen LogP contribution in [-0.2, 0) is 39.8 Å². The topological polar surface area (TPSA) is 133 Å². The summed E-state index contributed by atoms with van der Waals surface area (Å²) in [6.07, 6.45) is 1.39. The Labute approximate surface area is 287 Å². The lowest BCUT2D eigenvalue weighted by Gasteiger charge is -2.28. The Morgan fingerprint density at radius 2 is 1.69 bits per heavy atom. The van der Waals surface area contributed by atoms with Gasteiger partial charge in [-0.25, -0.2) is 4.79 Å². The molecule has 2 aromatic carbocycles. The van der Waals surface area contributed by atoms with E-state index in [1.165, 1.54) is 13.2 Å². The summed E-state index contributed by atoms with van der Waals surface area (Å²) in [6, 6.07) is 14.0. The summed E-state index contributed by atoms with van der Waals surface area (Å²) < 4.78 is 23.2. The first-order valence-corrected chi connectivity index (χ1v) is 16.9. The van der Waals surface area contributed by atoms with Crippen molar-refractivity contribution in [3.63, 3.8) is 0 Å². The number of hydrogen-bond donors (Lipinski definition) is 2. The molecule has 1 unspecified atom stereocenters. The van der Waals surface area contributed by atoms with Crippen LogP contribution in [0.4, 0.5) is 0 Å². The molecule has 1 fully saturated rings. The highest BCUT2D eigenvalue weighted by atomic mass is 35.5. The maximum atomic E-state index is 13.6. The molecule has 0 aromatic heterocycles. The van der Waals surface area contributed by atoms with E-state index in [0.29, 0.717) is 16.3 Å². The van der Waals surface area contributed by atoms with Crippen molar-refractivity contribution < 1.29 is 38.1 Å². The molecule has 48 heavy (non-hydrogen) atoms. The summed E-state index contributed by atoms with van der Waals surface area (Å²) >= 11 is 6.33. The number of epoxide rings is 1. The Hall–Kier alpha value is -3.89. The number of halogens is 1. The van der Waals surface area contributed by atoms with E-state index >= 15 is 0 Å². The molecular formula is C37H47ClN2O8. The molecule has 11 heteroatoms. The van der Waals surface area contributed by atoms with Crippen molar-refractivity contribution in [2.24, 2.45) is 23.7 Å². The summed E-state index contributed by atoms with van der Waals surface area (Å²) in [4.78, 5) is 53.9. The van der Waals surface area contributed by atoms with Gasteiger partial charge in [0.25, 0.3) is 0 Å². The number of cyclic esters (lactones) is 2. The Kier molecular flexibility index (Phi) is 13.1. The van der Waals surface area contributed by atoms with Crippen LogP contribution in [0.2, 0.25) is 5.02 Å². The number of nitrogens with one attached hydrogen (secondary N) is 2. The highest BCUT2D eigenvalue weighted by Gasteiger charge is 2.47. The fourth-order valence-electron chi connectivity index (χ4n) is 5.83. The van der Waals surface area contributed by atoms with Crippen LogP contribution in [-0.4, -0.2) is 61.8 Å². The normalized spacial score (nSPS) is 27.0. The van der Waals surface area contributed by atoms with Gasteiger partial charge in [-0.3, -0.25) is 14.4 Å². The number of ether oxygens (including phenoxy) is 4. The lowest BCUT2D eigenvalue weighted by molar-refractivity contribution is -0.177. The predicted molar refractivity (Wildman–Crippen MR) is 181 cm³/mol. The lowest BCUT2D eigenvalue weighted by atomic mass is 9.93. The number of methoxy groups -OCH3 is 1. The van der Waals surface area contributed by atoms with E-state index in [2.05, 4.69) is 10.6 Å². The van der Waals surface area contributed by atoms with E-state index in [1.54, 1.807) is 24.3 Å². The van der Waals surface area contributed by atoms with E-state index in [-0.39, 0.29) is 55.8 Å². The van der Waals surface area contributed by atoms with Gasteiger partial charge in [0.05, 0.1) is 24.2 Å². The van der Waals surface area contributed by atoms with Crippen molar-refractivity contribution >= 4 is 35.4 Å². The van der Waals surface area contributed by atoms with E-state index in [4.69, 9.17) is 30.5 Å². The minimum absolute atomic E-state index is 0.0269. The van der Waals surface area contributed by atoms with Crippen molar-refractivity contribution in [1.29, 1.82) is 0 Å². The fraction of sp³-hybridized carbons (Fsp3) is 0.514. The molecule has 0 saturated carbocycles. The summed E-state index contributed by atoms with van der Waals surface area (Å²) in [6.45, 7) is 9.43. The predicted octanol–water partition coefficient (Wildman–Crippen LogP) is 5.37. The quantitative estimate of drug-likeness (QED) is 0.267. The second-order valence-corrected chi connectivity index (χ2v) is 13.7. The molecule has 0 radical (unpaired) electrons. The number of carbonyl (C=O) groups is 4. The maximum Gasteiger partial charge on any atom is 0.347 e. The van der Waals surface area contributed by atoms with Gasteiger partial charge >= 0.3 is 11.9 Å². The smallest absolute Gasteiger partial charge is 0.347 e. The molecule has 260 valence electrons. The largest absolute Gasteiger partial charge is 0.495 e. The van der Waals surface area contributed by atoms with Crippen molar-refractivity contribution in [3.05, 3.63) is 76.8 Å². The minimum Gasteiger partial charge on any atom is -0.495 e. The van der Waals surface area contributed by atoms with Gasteiger partial charge in [0.1, 0.15) is 24.0 Å². The minimum atomic E-state index is -1.14. The second kappa shape index (κ2) is 17.0. The third-order valence-electron chi connectivity index (χ3n) is 8.76. The molecule has 7 atom stereocenters. The zero-order valence-electron chi connectivity index (χ0n) is 28.4. The summed E-state index contributed by atoms with van der Waals surface area (Å²) in [7, 11) is 1.51. The van der Waals surface area contributed by atoms with Gasteiger partial charge in [-0.15, -0.1) is 0 Å². The van der Waals surface area contributed by atoms with Crippen LogP contribution in [0.3, 0.4) is 0 Å². The van der Waals surface area contributed by atoms with Crippen molar-refractivity contribution in [1.82, 2.24) is 10.6 Å². The van der Waals surface area contributed by atoms with Gasteiger partial charge in [-0.2, -0.15) is 0 Å². The summed E-state index contributed by atoms with van der Waals surface area (Å²) in [5, 5.41) is 5.97. The molecule has 1 saturated heterocycles. The number of hydrogen-bond acceptors (Lipinski definition) is 8. The lowest BCUT2D eigenvalue weighted by Crippen LogP contribution is -2.50. The zero-order chi connectivity index (χ0) is 35.0. The second-order valence-electron chi connectivity index (χ2n) is 13.3. The van der Waals surface area contributed by atoms with Crippen molar-refractivity contribution in [3.8, 4) is 5.75 Å². The van der Waals surface area contributed by atoms with Crippen LogP contribution in [0, 0.1) is 23.7 Å². The van der Waals surface area contributed by atoms with Gasteiger partial charge < -0.3 is 29.6 Å². The fourth-order valence-corrected chi connectivity index (χ4v) is 6.11. The molecule has 0 aliphatic carbocycles. The third kappa shape index (κ3) is 10.1. The van der Waals surface area contributed by atoms with Gasteiger partial charge in [-0.05, 0) is 47.6 Å². The first-order chi connectivity index (χ1) is 22.9. The number of rotatable bonds is 9. The zero-order valence-corrected chi connectivity index (χ0v) is 29.2. The van der Waals surface area contributed by atoms with Gasteiger partial charge in [0, 0.05) is 25.3 Å². The van der Waals surface area contributed by atoms with Crippen LogP contribution < -0.4 is 15.4 Å². The molecule has 2 aromatic rings. The molecular weight excluding hydrogens is 636 g/mol. The van der Waals surface area contributed by atoms with E-state index in [1.807, 2.05) is 65.0 Å². The van der Waals surface area contributed by atoms with E-state index < -0.39 is 47.9 Å². The number of amides is 2. The first-order valence-electron chi connectivity index (χ1n) is 16.6. The molecule has 4 rings (SSSR count). The first kappa shape index (κ1) is 36.9. The average molecular weight is 683 g/mol. The monoisotopic (exact) mass is 682 g/mol. The van der Waals surface area contributed by atoms with Gasteiger partial charge in [0.15, 0.2) is 6.10 Å². The molecule has 10 nitrogen and oxygen atoms in total. The average Bonchev–Trinajstić information content (AvgIpc) is 3.84.